The Kier molecular flexibility index (Phi) is 7.38. The number of hydrazone groups is 1. The fraction of sp³-hybridized carbons (Fsp3) is 0.250. The third-order valence-electron chi connectivity index (χ3n) is 3.54. The van der Waals surface area contributed by atoms with Gasteiger partial charge in [0, 0.05) is 18.1 Å². The number of esters is 1. The standard InChI is InChI=1S/C20H22N2O6/c1-5-27-16-8-6-15(7-9-16)20(24)22-21-12-14-10-17(25-3)19(28-13(2)23)18(11-14)26-4/h6-12H,5H2,1-4H3,(H,22,24)/b21-12-. The lowest BCUT2D eigenvalue weighted by atomic mass is 10.2. The first-order valence-electron chi connectivity index (χ1n) is 8.49. The van der Waals surface area contributed by atoms with Crippen LogP contribution in [0.3, 0.4) is 0 Å². The van der Waals surface area contributed by atoms with Crippen LogP contribution in [0.15, 0.2) is 41.5 Å². The van der Waals surface area contributed by atoms with E-state index in [0.717, 1.165) is 0 Å². The third kappa shape index (κ3) is 5.47. The van der Waals surface area contributed by atoms with Crippen LogP contribution in [0.4, 0.5) is 0 Å². The highest BCUT2D eigenvalue weighted by molar-refractivity contribution is 5.95. The summed E-state index contributed by atoms with van der Waals surface area (Å²) in [5.74, 6) is 0.598. The highest BCUT2D eigenvalue weighted by atomic mass is 16.6. The fourth-order valence-electron chi connectivity index (χ4n) is 2.32. The summed E-state index contributed by atoms with van der Waals surface area (Å²) in [6, 6.07) is 9.93. The summed E-state index contributed by atoms with van der Waals surface area (Å²) in [6.07, 6.45) is 1.43. The minimum Gasteiger partial charge on any atom is -0.494 e. The van der Waals surface area contributed by atoms with Crippen LogP contribution in [0, 0.1) is 0 Å². The first-order valence-corrected chi connectivity index (χ1v) is 8.49. The molecule has 0 spiro atoms. The number of carbonyl (C=O) groups is 2. The largest absolute Gasteiger partial charge is 0.494 e. The smallest absolute Gasteiger partial charge is 0.308 e. The molecule has 0 radical (unpaired) electrons. The zero-order valence-electron chi connectivity index (χ0n) is 16.1. The van der Waals surface area contributed by atoms with Crippen LogP contribution in [-0.4, -0.2) is 38.9 Å². The van der Waals surface area contributed by atoms with E-state index in [1.807, 2.05) is 6.92 Å². The zero-order chi connectivity index (χ0) is 20.5. The number of hydrogen-bond acceptors (Lipinski definition) is 7. The second-order valence-electron chi connectivity index (χ2n) is 5.50. The summed E-state index contributed by atoms with van der Waals surface area (Å²) in [7, 11) is 2.88. The zero-order valence-corrected chi connectivity index (χ0v) is 16.1. The molecule has 1 amide bonds. The van der Waals surface area contributed by atoms with Crippen LogP contribution in [0.1, 0.15) is 29.8 Å². The molecule has 0 atom stereocenters. The van der Waals surface area contributed by atoms with Gasteiger partial charge >= 0.3 is 5.97 Å². The molecule has 0 fully saturated rings. The summed E-state index contributed by atoms with van der Waals surface area (Å²) < 4.78 is 20.9. The van der Waals surface area contributed by atoms with Crippen molar-refractivity contribution in [1.29, 1.82) is 0 Å². The second-order valence-corrected chi connectivity index (χ2v) is 5.50. The average Bonchev–Trinajstić information content (AvgIpc) is 2.69. The topological polar surface area (TPSA) is 95.5 Å². The molecule has 28 heavy (non-hydrogen) atoms. The molecule has 0 heterocycles. The van der Waals surface area contributed by atoms with E-state index in [-0.39, 0.29) is 11.7 Å². The number of methoxy groups -OCH3 is 2. The van der Waals surface area contributed by atoms with Gasteiger partial charge in [-0.25, -0.2) is 5.43 Å². The summed E-state index contributed by atoms with van der Waals surface area (Å²) in [5, 5.41) is 3.94. The summed E-state index contributed by atoms with van der Waals surface area (Å²) in [5.41, 5.74) is 3.47. The van der Waals surface area contributed by atoms with Gasteiger partial charge < -0.3 is 18.9 Å². The molecule has 2 rings (SSSR count). The molecule has 148 valence electrons. The Bertz CT molecular complexity index is 836. The number of benzene rings is 2. The number of nitrogens with zero attached hydrogens (tertiary/aromatic N) is 1. The van der Waals surface area contributed by atoms with E-state index in [0.29, 0.717) is 35.0 Å². The van der Waals surface area contributed by atoms with Gasteiger partial charge in [0.05, 0.1) is 27.0 Å². The molecule has 0 aliphatic carbocycles. The SMILES string of the molecule is CCOc1ccc(C(=O)N/N=C\c2cc(OC)c(OC(C)=O)c(OC)c2)cc1. The maximum atomic E-state index is 12.2. The number of rotatable bonds is 8. The lowest BCUT2D eigenvalue weighted by Gasteiger charge is -2.13. The van der Waals surface area contributed by atoms with Crippen LogP contribution in [0.5, 0.6) is 23.0 Å². The maximum absolute atomic E-state index is 12.2. The molecule has 0 saturated heterocycles. The van der Waals surface area contributed by atoms with E-state index in [2.05, 4.69) is 10.5 Å². The summed E-state index contributed by atoms with van der Waals surface area (Å²) in [6.45, 7) is 3.72. The van der Waals surface area contributed by atoms with Gasteiger partial charge in [-0.3, -0.25) is 9.59 Å². The molecule has 0 aromatic heterocycles. The number of carbonyl (C=O) groups excluding carboxylic acids is 2. The predicted octanol–water partition coefficient (Wildman–Crippen LogP) is 2.79. The Morgan fingerprint density at radius 1 is 1.07 bits per heavy atom. The predicted molar refractivity (Wildman–Crippen MR) is 104 cm³/mol. The molecule has 8 heteroatoms. The van der Waals surface area contributed by atoms with Crippen molar-refractivity contribution in [2.24, 2.45) is 5.10 Å². The number of amides is 1. The Hall–Kier alpha value is -3.55. The van der Waals surface area contributed by atoms with Crippen molar-refractivity contribution < 1.29 is 28.5 Å². The van der Waals surface area contributed by atoms with Gasteiger partial charge in [-0.2, -0.15) is 5.10 Å². The van der Waals surface area contributed by atoms with E-state index in [9.17, 15) is 9.59 Å². The molecule has 2 aromatic carbocycles. The molecule has 0 aliphatic heterocycles. The van der Waals surface area contributed by atoms with Crippen LogP contribution in [0.2, 0.25) is 0 Å². The first kappa shape index (κ1) is 20.8. The van der Waals surface area contributed by atoms with Crippen molar-refractivity contribution in [2.45, 2.75) is 13.8 Å². The lowest BCUT2D eigenvalue weighted by molar-refractivity contribution is -0.132. The lowest BCUT2D eigenvalue weighted by Crippen LogP contribution is -2.17. The average molecular weight is 386 g/mol. The minimum atomic E-state index is -0.499. The quantitative estimate of drug-likeness (QED) is 0.324. The van der Waals surface area contributed by atoms with E-state index < -0.39 is 5.97 Å². The molecule has 0 bridgehead atoms. The van der Waals surface area contributed by atoms with E-state index >= 15 is 0 Å². The van der Waals surface area contributed by atoms with Crippen molar-refractivity contribution in [3.8, 4) is 23.0 Å². The third-order valence-corrected chi connectivity index (χ3v) is 3.54. The van der Waals surface area contributed by atoms with Crippen molar-refractivity contribution in [2.75, 3.05) is 20.8 Å². The van der Waals surface area contributed by atoms with Gasteiger partial charge in [-0.1, -0.05) is 0 Å². The van der Waals surface area contributed by atoms with Crippen molar-refractivity contribution in [3.63, 3.8) is 0 Å². The Labute approximate surface area is 163 Å². The first-order chi connectivity index (χ1) is 13.5. The molecule has 0 unspecified atom stereocenters. The summed E-state index contributed by atoms with van der Waals surface area (Å²) in [4.78, 5) is 23.4. The Morgan fingerprint density at radius 2 is 1.68 bits per heavy atom. The van der Waals surface area contributed by atoms with Gasteiger partial charge in [0.2, 0.25) is 5.75 Å². The number of nitrogens with one attached hydrogen (secondary N) is 1. The van der Waals surface area contributed by atoms with Crippen LogP contribution in [-0.2, 0) is 4.79 Å². The monoisotopic (exact) mass is 386 g/mol. The molecule has 0 saturated carbocycles. The van der Waals surface area contributed by atoms with Crippen LogP contribution in [0.25, 0.3) is 0 Å². The van der Waals surface area contributed by atoms with Crippen LogP contribution >= 0.6 is 0 Å². The van der Waals surface area contributed by atoms with Gasteiger partial charge in [0.25, 0.3) is 5.91 Å². The maximum Gasteiger partial charge on any atom is 0.308 e. The molecule has 1 N–H and O–H groups in total. The van der Waals surface area contributed by atoms with Gasteiger partial charge in [-0.05, 0) is 43.3 Å². The van der Waals surface area contributed by atoms with Crippen molar-refractivity contribution in [3.05, 3.63) is 47.5 Å². The summed E-state index contributed by atoms with van der Waals surface area (Å²) >= 11 is 0. The highest BCUT2D eigenvalue weighted by Crippen LogP contribution is 2.38. The molecular formula is C20H22N2O6. The van der Waals surface area contributed by atoms with E-state index in [1.165, 1.54) is 27.4 Å². The Balaban J connectivity index is 2.12. The normalized spacial score (nSPS) is 10.4. The van der Waals surface area contributed by atoms with Crippen LogP contribution < -0.4 is 24.4 Å². The fourth-order valence-corrected chi connectivity index (χ4v) is 2.32. The molecule has 8 nitrogen and oxygen atoms in total. The van der Waals surface area contributed by atoms with E-state index in [1.54, 1.807) is 36.4 Å². The highest BCUT2D eigenvalue weighted by Gasteiger charge is 2.15. The van der Waals surface area contributed by atoms with E-state index in [4.69, 9.17) is 18.9 Å². The van der Waals surface area contributed by atoms with Crippen molar-refractivity contribution in [1.82, 2.24) is 5.43 Å². The molecule has 0 aliphatic rings. The number of ether oxygens (including phenoxy) is 4. The minimum absolute atomic E-state index is 0.174. The number of hydrogen-bond donors (Lipinski definition) is 1. The Morgan fingerprint density at radius 3 is 2.18 bits per heavy atom. The second kappa shape index (κ2) is 9.96. The molecule has 2 aromatic rings. The van der Waals surface area contributed by atoms with Crippen molar-refractivity contribution >= 4 is 18.1 Å². The molecular weight excluding hydrogens is 364 g/mol. The van der Waals surface area contributed by atoms with Gasteiger partial charge in [0.15, 0.2) is 11.5 Å². The van der Waals surface area contributed by atoms with Gasteiger partial charge in [-0.15, -0.1) is 0 Å². The van der Waals surface area contributed by atoms with Gasteiger partial charge in [0.1, 0.15) is 5.75 Å².